The molecule has 2 aromatic rings. The van der Waals surface area contributed by atoms with Gasteiger partial charge in [0.1, 0.15) is 11.5 Å². The highest BCUT2D eigenvalue weighted by atomic mass is 16.7. The Kier molecular flexibility index (Phi) is 4.76. The van der Waals surface area contributed by atoms with Gasteiger partial charge in [-0.25, -0.2) is 0 Å². The van der Waals surface area contributed by atoms with Crippen molar-refractivity contribution in [3.05, 3.63) is 47.5 Å². The molecule has 27 heavy (non-hydrogen) atoms. The van der Waals surface area contributed by atoms with Crippen molar-refractivity contribution >= 4 is 0 Å². The quantitative estimate of drug-likeness (QED) is 0.646. The van der Waals surface area contributed by atoms with Crippen LogP contribution in [0.5, 0.6) is 11.5 Å². The van der Waals surface area contributed by atoms with Crippen LogP contribution in [-0.2, 0) is 15.9 Å². The van der Waals surface area contributed by atoms with E-state index in [1.807, 2.05) is 0 Å². The molecule has 0 N–H and O–H groups in total. The smallest absolute Gasteiger partial charge is 0.199 e. The van der Waals surface area contributed by atoms with Gasteiger partial charge >= 0.3 is 0 Å². The molecule has 142 valence electrons. The molecule has 0 saturated carbocycles. The van der Waals surface area contributed by atoms with Crippen LogP contribution in [0.4, 0.5) is 0 Å². The van der Waals surface area contributed by atoms with Crippen LogP contribution < -0.4 is 9.47 Å². The fourth-order valence-electron chi connectivity index (χ4n) is 4.22. The Balaban J connectivity index is 1.30. The van der Waals surface area contributed by atoms with E-state index < -0.39 is 0 Å². The molecular weight excluding hydrogens is 340 g/mol. The van der Waals surface area contributed by atoms with E-state index in [9.17, 15) is 0 Å². The normalized spacial score (nSPS) is 24.1. The summed E-state index contributed by atoms with van der Waals surface area (Å²) in [5.41, 5.74) is 5.21. The first-order valence-electron chi connectivity index (χ1n) is 10.2. The highest BCUT2D eigenvalue weighted by Gasteiger charge is 2.22. The molecule has 2 atom stereocenters. The van der Waals surface area contributed by atoms with Gasteiger partial charge < -0.3 is 18.9 Å². The molecule has 2 unspecified atom stereocenters. The summed E-state index contributed by atoms with van der Waals surface area (Å²) in [6.07, 6.45) is 7.28. The summed E-state index contributed by atoms with van der Waals surface area (Å²) in [5, 5.41) is 0. The number of ether oxygens (including phenoxy) is 4. The van der Waals surface area contributed by atoms with E-state index in [1.165, 1.54) is 35.1 Å². The van der Waals surface area contributed by atoms with Gasteiger partial charge in [0, 0.05) is 12.8 Å². The first kappa shape index (κ1) is 17.1. The Morgan fingerprint density at radius 1 is 0.667 bits per heavy atom. The third-order valence-corrected chi connectivity index (χ3v) is 5.64. The molecule has 2 fully saturated rings. The van der Waals surface area contributed by atoms with Gasteiger partial charge in [0.05, 0.1) is 13.2 Å². The molecule has 0 spiro atoms. The first-order valence-corrected chi connectivity index (χ1v) is 10.2. The van der Waals surface area contributed by atoms with Crippen molar-refractivity contribution in [2.45, 2.75) is 57.5 Å². The monoisotopic (exact) mass is 366 g/mol. The van der Waals surface area contributed by atoms with Gasteiger partial charge in [-0.2, -0.15) is 0 Å². The fraction of sp³-hybridized carbons (Fsp3) is 0.478. The molecule has 3 aliphatic rings. The minimum absolute atomic E-state index is 0.101. The van der Waals surface area contributed by atoms with E-state index in [1.54, 1.807) is 0 Å². The van der Waals surface area contributed by atoms with E-state index in [-0.39, 0.29) is 12.6 Å². The highest BCUT2D eigenvalue weighted by molar-refractivity contribution is 5.78. The zero-order valence-corrected chi connectivity index (χ0v) is 15.6. The van der Waals surface area contributed by atoms with E-state index in [0.717, 1.165) is 56.8 Å². The zero-order valence-electron chi connectivity index (χ0n) is 15.6. The molecule has 1 aliphatic carbocycles. The van der Waals surface area contributed by atoms with Gasteiger partial charge in [-0.05, 0) is 78.6 Å². The summed E-state index contributed by atoms with van der Waals surface area (Å²) in [5.74, 6) is 1.81. The molecule has 2 aromatic carbocycles. The number of benzene rings is 2. The molecule has 2 aliphatic heterocycles. The second-order valence-corrected chi connectivity index (χ2v) is 7.64. The van der Waals surface area contributed by atoms with Crippen molar-refractivity contribution in [3.8, 4) is 22.6 Å². The number of fused-ring (bicyclic) bond motifs is 3. The average Bonchev–Trinajstić information content (AvgIpc) is 3.06. The molecule has 0 bridgehead atoms. The molecule has 2 saturated heterocycles. The SMILES string of the molecule is c1cc2c(cc1OC1CCCCO1)Cc1cc(OC3CCCCO3)ccc1-2. The fourth-order valence-corrected chi connectivity index (χ4v) is 4.22. The first-order chi connectivity index (χ1) is 13.3. The Bertz CT molecular complexity index is 737. The van der Waals surface area contributed by atoms with Crippen LogP contribution in [0.2, 0.25) is 0 Å². The van der Waals surface area contributed by atoms with Crippen molar-refractivity contribution in [1.82, 2.24) is 0 Å². The summed E-state index contributed by atoms with van der Waals surface area (Å²) in [6, 6.07) is 12.8. The number of hydrogen-bond acceptors (Lipinski definition) is 4. The lowest BCUT2D eigenvalue weighted by Crippen LogP contribution is -2.24. The lowest BCUT2D eigenvalue weighted by atomic mass is 10.1. The van der Waals surface area contributed by atoms with Crippen LogP contribution in [0, 0.1) is 0 Å². The number of hydrogen-bond donors (Lipinski definition) is 0. The minimum atomic E-state index is -0.101. The predicted octanol–water partition coefficient (Wildman–Crippen LogP) is 5.07. The molecular formula is C23H26O4. The third kappa shape index (κ3) is 3.69. The van der Waals surface area contributed by atoms with Gasteiger partial charge in [-0.3, -0.25) is 0 Å². The standard InChI is InChI=1S/C23H26O4/c1-3-11-24-22(5-1)26-18-7-9-20-16(14-18)13-17-15-19(8-10-21(17)20)27-23-6-2-4-12-25-23/h7-10,14-15,22-23H,1-6,11-13H2. The van der Waals surface area contributed by atoms with Gasteiger partial charge in [-0.15, -0.1) is 0 Å². The predicted molar refractivity (Wildman–Crippen MR) is 103 cm³/mol. The molecule has 0 amide bonds. The molecule has 0 aromatic heterocycles. The van der Waals surface area contributed by atoms with Crippen LogP contribution in [0.1, 0.15) is 49.7 Å². The van der Waals surface area contributed by atoms with Gasteiger partial charge in [0.15, 0.2) is 12.6 Å². The van der Waals surface area contributed by atoms with Crippen molar-refractivity contribution in [2.75, 3.05) is 13.2 Å². The van der Waals surface area contributed by atoms with Crippen molar-refractivity contribution in [3.63, 3.8) is 0 Å². The second kappa shape index (κ2) is 7.53. The van der Waals surface area contributed by atoms with Gasteiger partial charge in [0.25, 0.3) is 0 Å². The summed E-state index contributed by atoms with van der Waals surface area (Å²) in [6.45, 7) is 1.60. The average molecular weight is 366 g/mol. The summed E-state index contributed by atoms with van der Waals surface area (Å²) >= 11 is 0. The van der Waals surface area contributed by atoms with E-state index in [0.29, 0.717) is 0 Å². The molecule has 4 nitrogen and oxygen atoms in total. The Morgan fingerprint density at radius 2 is 1.19 bits per heavy atom. The van der Waals surface area contributed by atoms with Crippen LogP contribution >= 0.6 is 0 Å². The molecule has 5 rings (SSSR count). The summed E-state index contributed by atoms with van der Waals surface area (Å²) in [7, 11) is 0. The maximum atomic E-state index is 6.04. The van der Waals surface area contributed by atoms with E-state index >= 15 is 0 Å². The molecule has 0 radical (unpaired) electrons. The maximum absolute atomic E-state index is 6.04. The maximum Gasteiger partial charge on any atom is 0.199 e. The minimum Gasteiger partial charge on any atom is -0.465 e. The zero-order chi connectivity index (χ0) is 18.1. The van der Waals surface area contributed by atoms with E-state index in [4.69, 9.17) is 18.9 Å². The topological polar surface area (TPSA) is 36.9 Å². The summed E-state index contributed by atoms with van der Waals surface area (Å²) < 4.78 is 23.5. The number of rotatable bonds is 4. The Morgan fingerprint density at radius 3 is 1.63 bits per heavy atom. The molecule has 2 heterocycles. The second-order valence-electron chi connectivity index (χ2n) is 7.64. The third-order valence-electron chi connectivity index (χ3n) is 5.64. The van der Waals surface area contributed by atoms with Crippen molar-refractivity contribution < 1.29 is 18.9 Å². The largest absolute Gasteiger partial charge is 0.465 e. The van der Waals surface area contributed by atoms with Crippen molar-refractivity contribution in [1.29, 1.82) is 0 Å². The van der Waals surface area contributed by atoms with Crippen molar-refractivity contribution in [2.24, 2.45) is 0 Å². The lowest BCUT2D eigenvalue weighted by molar-refractivity contribution is -0.106. The lowest BCUT2D eigenvalue weighted by Gasteiger charge is -2.23. The van der Waals surface area contributed by atoms with Gasteiger partial charge in [0.2, 0.25) is 0 Å². The summed E-state index contributed by atoms with van der Waals surface area (Å²) in [4.78, 5) is 0. The van der Waals surface area contributed by atoms with Gasteiger partial charge in [-0.1, -0.05) is 12.1 Å². The van der Waals surface area contributed by atoms with Crippen LogP contribution in [0.3, 0.4) is 0 Å². The Labute approximate surface area is 160 Å². The highest BCUT2D eigenvalue weighted by Crippen LogP contribution is 2.40. The molecule has 4 heteroatoms. The van der Waals surface area contributed by atoms with Crippen LogP contribution in [0.25, 0.3) is 11.1 Å². The van der Waals surface area contributed by atoms with Crippen LogP contribution in [-0.4, -0.2) is 25.8 Å². The van der Waals surface area contributed by atoms with Crippen LogP contribution in [0.15, 0.2) is 36.4 Å². The Hall–Kier alpha value is -2.04. The van der Waals surface area contributed by atoms with E-state index in [2.05, 4.69) is 36.4 Å².